The highest BCUT2D eigenvalue weighted by Crippen LogP contribution is 2.22. The molecule has 0 saturated carbocycles. The second kappa shape index (κ2) is 5.63. The predicted octanol–water partition coefficient (Wildman–Crippen LogP) is 2.10. The fourth-order valence-electron chi connectivity index (χ4n) is 2.14. The summed E-state index contributed by atoms with van der Waals surface area (Å²) in [5.74, 6) is 0. The summed E-state index contributed by atoms with van der Waals surface area (Å²) in [7, 11) is 0. The zero-order valence-corrected chi connectivity index (χ0v) is 9.76. The van der Waals surface area contributed by atoms with Crippen LogP contribution in [0.15, 0.2) is 24.3 Å². The Balaban J connectivity index is 1.87. The Morgan fingerprint density at radius 3 is 2.71 bits per heavy atom. The van der Waals surface area contributed by atoms with Crippen molar-refractivity contribution in [2.24, 2.45) is 0 Å². The van der Waals surface area contributed by atoms with Crippen LogP contribution < -0.4 is 5.32 Å². The molecule has 17 heavy (non-hydrogen) atoms. The van der Waals surface area contributed by atoms with E-state index in [1.54, 1.807) is 12.1 Å². The van der Waals surface area contributed by atoms with Gasteiger partial charge in [0.25, 0.3) is 5.69 Å². The molecule has 2 rings (SSSR count). The van der Waals surface area contributed by atoms with Crippen LogP contribution in [0.4, 0.5) is 11.4 Å². The Labute approximate surface area is 101 Å². The Morgan fingerprint density at radius 2 is 2.00 bits per heavy atom. The molecule has 5 nitrogen and oxygen atoms in total. The predicted molar refractivity (Wildman–Crippen MR) is 67.3 cm³/mol. The van der Waals surface area contributed by atoms with E-state index in [-0.39, 0.29) is 10.6 Å². The van der Waals surface area contributed by atoms with Crippen LogP contribution >= 0.6 is 0 Å². The number of likely N-dealkylation sites (tertiary alicyclic amines) is 1. The Morgan fingerprint density at radius 1 is 1.29 bits per heavy atom. The number of nitrogens with one attached hydrogen (secondary N) is 1. The number of nitro benzene ring substituents is 1. The normalized spacial score (nSPS) is 16.0. The molecule has 92 valence electrons. The van der Waals surface area contributed by atoms with Gasteiger partial charge in [-0.05, 0) is 32.0 Å². The Bertz CT molecular complexity index is 389. The number of hydrogen-bond donors (Lipinski definition) is 1. The lowest BCUT2D eigenvalue weighted by Gasteiger charge is -2.15. The first kappa shape index (κ1) is 11.9. The van der Waals surface area contributed by atoms with Gasteiger partial charge in [-0.15, -0.1) is 0 Å². The summed E-state index contributed by atoms with van der Waals surface area (Å²) in [6.45, 7) is 4.01. The number of hydrogen-bond acceptors (Lipinski definition) is 4. The average Bonchev–Trinajstić information content (AvgIpc) is 2.82. The topological polar surface area (TPSA) is 58.4 Å². The van der Waals surface area contributed by atoms with Crippen LogP contribution in [0.3, 0.4) is 0 Å². The Hall–Kier alpha value is -1.62. The highest BCUT2D eigenvalue weighted by atomic mass is 16.6. The van der Waals surface area contributed by atoms with Gasteiger partial charge in [0, 0.05) is 19.2 Å². The van der Waals surface area contributed by atoms with E-state index in [2.05, 4.69) is 10.2 Å². The maximum absolute atomic E-state index is 10.8. The summed E-state index contributed by atoms with van der Waals surface area (Å²) in [6, 6.07) is 6.77. The molecular formula is C12H17N3O2. The highest BCUT2D eigenvalue weighted by molar-refractivity contribution is 5.60. The number of para-hydroxylation sites is 2. The lowest BCUT2D eigenvalue weighted by atomic mass is 10.2. The summed E-state index contributed by atoms with van der Waals surface area (Å²) in [6.07, 6.45) is 2.54. The number of rotatable bonds is 5. The third-order valence-electron chi connectivity index (χ3n) is 3.04. The van der Waals surface area contributed by atoms with E-state index in [1.807, 2.05) is 6.07 Å². The fraction of sp³-hybridized carbons (Fsp3) is 0.500. The zero-order chi connectivity index (χ0) is 12.1. The second-order valence-electron chi connectivity index (χ2n) is 4.25. The van der Waals surface area contributed by atoms with E-state index in [1.165, 1.54) is 18.9 Å². The minimum Gasteiger partial charge on any atom is -0.378 e. The van der Waals surface area contributed by atoms with Crippen molar-refractivity contribution in [2.45, 2.75) is 12.8 Å². The van der Waals surface area contributed by atoms with Gasteiger partial charge in [-0.2, -0.15) is 0 Å². The standard InChI is InChI=1S/C12H17N3O2/c16-15(17)12-6-2-1-5-11(12)13-7-10-14-8-3-4-9-14/h1-2,5-6,13H,3-4,7-10H2. The van der Waals surface area contributed by atoms with E-state index in [4.69, 9.17) is 0 Å². The van der Waals surface area contributed by atoms with Gasteiger partial charge in [0.05, 0.1) is 4.92 Å². The molecule has 1 fully saturated rings. The largest absolute Gasteiger partial charge is 0.378 e. The SMILES string of the molecule is O=[N+]([O-])c1ccccc1NCCN1CCCC1. The molecule has 0 unspecified atom stereocenters. The lowest BCUT2D eigenvalue weighted by Crippen LogP contribution is -2.26. The van der Waals surface area contributed by atoms with Crippen LogP contribution in [-0.4, -0.2) is 36.0 Å². The van der Waals surface area contributed by atoms with Gasteiger partial charge in [0.1, 0.15) is 5.69 Å². The quantitative estimate of drug-likeness (QED) is 0.627. The van der Waals surface area contributed by atoms with Crippen LogP contribution in [0, 0.1) is 10.1 Å². The first-order valence-corrected chi connectivity index (χ1v) is 5.97. The smallest absolute Gasteiger partial charge is 0.292 e. The van der Waals surface area contributed by atoms with Crippen molar-refractivity contribution in [2.75, 3.05) is 31.5 Å². The fourth-order valence-corrected chi connectivity index (χ4v) is 2.14. The maximum Gasteiger partial charge on any atom is 0.292 e. The van der Waals surface area contributed by atoms with Crippen molar-refractivity contribution in [1.82, 2.24) is 4.90 Å². The molecule has 1 N–H and O–H groups in total. The van der Waals surface area contributed by atoms with Crippen LogP contribution in [-0.2, 0) is 0 Å². The van der Waals surface area contributed by atoms with Crippen molar-refractivity contribution in [3.05, 3.63) is 34.4 Å². The molecule has 1 aromatic rings. The van der Waals surface area contributed by atoms with E-state index >= 15 is 0 Å². The first-order valence-electron chi connectivity index (χ1n) is 5.97. The molecule has 0 aromatic heterocycles. The first-order chi connectivity index (χ1) is 8.27. The van der Waals surface area contributed by atoms with E-state index in [9.17, 15) is 10.1 Å². The van der Waals surface area contributed by atoms with Gasteiger partial charge in [0.15, 0.2) is 0 Å². The van der Waals surface area contributed by atoms with Gasteiger partial charge in [-0.25, -0.2) is 0 Å². The summed E-state index contributed by atoms with van der Waals surface area (Å²) >= 11 is 0. The van der Waals surface area contributed by atoms with E-state index in [0.29, 0.717) is 5.69 Å². The summed E-state index contributed by atoms with van der Waals surface area (Å²) < 4.78 is 0. The van der Waals surface area contributed by atoms with Crippen molar-refractivity contribution in [3.63, 3.8) is 0 Å². The summed E-state index contributed by atoms with van der Waals surface area (Å²) in [5.41, 5.74) is 0.755. The van der Waals surface area contributed by atoms with Gasteiger partial charge in [-0.3, -0.25) is 10.1 Å². The third-order valence-corrected chi connectivity index (χ3v) is 3.04. The minimum absolute atomic E-state index is 0.147. The lowest BCUT2D eigenvalue weighted by molar-refractivity contribution is -0.384. The molecule has 1 aliphatic rings. The maximum atomic E-state index is 10.8. The summed E-state index contributed by atoms with van der Waals surface area (Å²) in [5, 5.41) is 13.9. The molecular weight excluding hydrogens is 218 g/mol. The molecule has 1 heterocycles. The second-order valence-corrected chi connectivity index (χ2v) is 4.25. The minimum atomic E-state index is -0.349. The molecule has 1 saturated heterocycles. The molecule has 0 radical (unpaired) electrons. The van der Waals surface area contributed by atoms with E-state index in [0.717, 1.165) is 26.2 Å². The molecule has 0 bridgehead atoms. The number of nitro groups is 1. The number of benzene rings is 1. The van der Waals surface area contributed by atoms with Crippen molar-refractivity contribution in [1.29, 1.82) is 0 Å². The number of nitrogens with zero attached hydrogens (tertiary/aromatic N) is 2. The van der Waals surface area contributed by atoms with Crippen LogP contribution in [0.2, 0.25) is 0 Å². The number of anilines is 1. The van der Waals surface area contributed by atoms with Crippen LogP contribution in [0.5, 0.6) is 0 Å². The molecule has 0 atom stereocenters. The zero-order valence-electron chi connectivity index (χ0n) is 9.76. The molecule has 0 spiro atoms. The monoisotopic (exact) mass is 235 g/mol. The highest BCUT2D eigenvalue weighted by Gasteiger charge is 2.13. The van der Waals surface area contributed by atoms with Gasteiger partial charge in [0.2, 0.25) is 0 Å². The van der Waals surface area contributed by atoms with Crippen molar-refractivity contribution >= 4 is 11.4 Å². The van der Waals surface area contributed by atoms with Crippen molar-refractivity contribution in [3.8, 4) is 0 Å². The van der Waals surface area contributed by atoms with Gasteiger partial charge in [-0.1, -0.05) is 12.1 Å². The summed E-state index contributed by atoms with van der Waals surface area (Å²) in [4.78, 5) is 12.8. The molecule has 1 aliphatic heterocycles. The van der Waals surface area contributed by atoms with E-state index < -0.39 is 0 Å². The van der Waals surface area contributed by atoms with Crippen LogP contribution in [0.1, 0.15) is 12.8 Å². The molecule has 1 aromatic carbocycles. The molecule has 5 heteroatoms. The average molecular weight is 235 g/mol. The Kier molecular flexibility index (Phi) is 3.93. The van der Waals surface area contributed by atoms with Crippen LogP contribution in [0.25, 0.3) is 0 Å². The molecule has 0 aliphatic carbocycles. The van der Waals surface area contributed by atoms with Crippen molar-refractivity contribution < 1.29 is 4.92 Å². The van der Waals surface area contributed by atoms with Gasteiger partial charge >= 0.3 is 0 Å². The van der Waals surface area contributed by atoms with Gasteiger partial charge < -0.3 is 10.2 Å². The third kappa shape index (κ3) is 3.17. The molecule has 0 amide bonds.